The highest BCUT2D eigenvalue weighted by Gasteiger charge is 2.35. The molecular formula is C21H19ClINO4S. The van der Waals surface area contributed by atoms with E-state index < -0.39 is 0 Å². The first-order valence-corrected chi connectivity index (χ1v) is 11.3. The number of carbonyl (C=O) groups excluding carboxylic acids is 2. The molecule has 0 N–H and O–H groups in total. The minimum Gasteiger partial charge on any atom is -0.490 e. The fourth-order valence-corrected chi connectivity index (χ4v) is 4.66. The third-order valence-electron chi connectivity index (χ3n) is 4.02. The molecule has 1 fully saturated rings. The van der Waals surface area contributed by atoms with Crippen LogP contribution in [-0.4, -0.2) is 29.3 Å². The van der Waals surface area contributed by atoms with E-state index in [0.717, 1.165) is 26.5 Å². The molecule has 1 heterocycles. The van der Waals surface area contributed by atoms with Gasteiger partial charge in [0.2, 0.25) is 0 Å². The Hall–Kier alpha value is -1.71. The summed E-state index contributed by atoms with van der Waals surface area (Å²) in [4.78, 5) is 26.8. The number of amides is 2. The lowest BCUT2D eigenvalue weighted by Crippen LogP contribution is -2.27. The van der Waals surface area contributed by atoms with Crippen molar-refractivity contribution in [1.29, 1.82) is 0 Å². The fraction of sp³-hybridized carbons (Fsp3) is 0.238. The molecular weight excluding hydrogens is 525 g/mol. The Bertz CT molecular complexity index is 979. The largest absolute Gasteiger partial charge is 0.490 e. The molecule has 152 valence electrons. The molecule has 0 aromatic heterocycles. The van der Waals surface area contributed by atoms with Crippen molar-refractivity contribution in [3.63, 3.8) is 0 Å². The van der Waals surface area contributed by atoms with Crippen LogP contribution in [0.5, 0.6) is 11.5 Å². The summed E-state index contributed by atoms with van der Waals surface area (Å²) in [6, 6.07) is 10.9. The highest BCUT2D eigenvalue weighted by Crippen LogP contribution is 2.38. The SMILES string of the molecule is CCOc1cc(/C=C2\SC(=O)N(Cc3cccc(Cl)c3)C2=O)cc(I)c1OCC. The van der Waals surface area contributed by atoms with Gasteiger partial charge in [-0.05, 0) is 89.7 Å². The molecule has 1 saturated heterocycles. The molecule has 0 spiro atoms. The summed E-state index contributed by atoms with van der Waals surface area (Å²) in [6.45, 7) is 5.02. The average molecular weight is 544 g/mol. The Morgan fingerprint density at radius 2 is 1.90 bits per heavy atom. The van der Waals surface area contributed by atoms with Gasteiger partial charge >= 0.3 is 0 Å². The quantitative estimate of drug-likeness (QED) is 0.318. The minimum atomic E-state index is -0.318. The summed E-state index contributed by atoms with van der Waals surface area (Å²) in [5.41, 5.74) is 1.57. The monoisotopic (exact) mass is 543 g/mol. The van der Waals surface area contributed by atoms with E-state index in [1.54, 1.807) is 24.3 Å². The van der Waals surface area contributed by atoms with Crippen LogP contribution in [0.2, 0.25) is 5.02 Å². The van der Waals surface area contributed by atoms with Crippen molar-refractivity contribution in [3.8, 4) is 11.5 Å². The normalized spacial score (nSPS) is 15.3. The molecule has 29 heavy (non-hydrogen) atoms. The number of halogens is 2. The maximum absolute atomic E-state index is 12.8. The van der Waals surface area contributed by atoms with Gasteiger partial charge in [0.25, 0.3) is 11.1 Å². The fourth-order valence-electron chi connectivity index (χ4n) is 2.82. The van der Waals surface area contributed by atoms with Gasteiger partial charge in [0.1, 0.15) is 0 Å². The number of ether oxygens (including phenoxy) is 2. The second-order valence-corrected chi connectivity index (χ2v) is 8.69. The van der Waals surface area contributed by atoms with Crippen LogP contribution < -0.4 is 9.47 Å². The first-order chi connectivity index (χ1) is 13.9. The molecule has 0 atom stereocenters. The summed E-state index contributed by atoms with van der Waals surface area (Å²) in [6.07, 6.45) is 1.71. The number of thioether (sulfide) groups is 1. The van der Waals surface area contributed by atoms with E-state index in [-0.39, 0.29) is 17.7 Å². The zero-order valence-electron chi connectivity index (χ0n) is 15.9. The van der Waals surface area contributed by atoms with E-state index >= 15 is 0 Å². The van der Waals surface area contributed by atoms with E-state index in [2.05, 4.69) is 22.6 Å². The van der Waals surface area contributed by atoms with Gasteiger partial charge in [-0.25, -0.2) is 0 Å². The summed E-state index contributed by atoms with van der Waals surface area (Å²) < 4.78 is 12.2. The molecule has 0 saturated carbocycles. The molecule has 5 nitrogen and oxygen atoms in total. The minimum absolute atomic E-state index is 0.188. The van der Waals surface area contributed by atoms with Gasteiger partial charge in [-0.1, -0.05) is 23.7 Å². The number of imide groups is 1. The summed E-state index contributed by atoms with van der Waals surface area (Å²) in [5.74, 6) is 0.980. The topological polar surface area (TPSA) is 55.8 Å². The van der Waals surface area contributed by atoms with Crippen molar-refractivity contribution in [2.24, 2.45) is 0 Å². The van der Waals surface area contributed by atoms with Crippen LogP contribution in [0.15, 0.2) is 41.3 Å². The number of carbonyl (C=O) groups is 2. The first-order valence-electron chi connectivity index (χ1n) is 9.01. The molecule has 0 radical (unpaired) electrons. The van der Waals surface area contributed by atoms with Gasteiger partial charge in [-0.2, -0.15) is 0 Å². The van der Waals surface area contributed by atoms with Gasteiger partial charge in [0.15, 0.2) is 11.5 Å². The van der Waals surface area contributed by atoms with Gasteiger partial charge in [-0.15, -0.1) is 0 Å². The molecule has 0 aliphatic carbocycles. The Balaban J connectivity index is 1.87. The second-order valence-electron chi connectivity index (χ2n) is 6.09. The van der Waals surface area contributed by atoms with Gasteiger partial charge in [0, 0.05) is 5.02 Å². The standard InChI is InChI=1S/C21H19ClINO4S/c1-3-27-17-10-14(9-16(23)19(17)28-4-2)11-18-20(25)24(21(26)29-18)12-13-6-5-7-15(22)8-13/h5-11H,3-4,12H2,1-2H3/b18-11-. The highest BCUT2D eigenvalue weighted by atomic mass is 127. The van der Waals surface area contributed by atoms with Crippen molar-refractivity contribution in [2.75, 3.05) is 13.2 Å². The molecule has 0 bridgehead atoms. The average Bonchev–Trinajstić information content (AvgIpc) is 2.92. The van der Waals surface area contributed by atoms with Crippen molar-refractivity contribution in [2.45, 2.75) is 20.4 Å². The van der Waals surface area contributed by atoms with Crippen molar-refractivity contribution in [1.82, 2.24) is 4.90 Å². The van der Waals surface area contributed by atoms with E-state index in [4.69, 9.17) is 21.1 Å². The maximum atomic E-state index is 12.8. The Labute approximate surface area is 192 Å². The first kappa shape index (κ1) is 22.0. The third-order valence-corrected chi connectivity index (χ3v) is 5.97. The predicted molar refractivity (Wildman–Crippen MR) is 124 cm³/mol. The lowest BCUT2D eigenvalue weighted by atomic mass is 10.1. The summed E-state index contributed by atoms with van der Waals surface area (Å²) in [5, 5.41) is 0.268. The number of rotatable bonds is 7. The lowest BCUT2D eigenvalue weighted by Gasteiger charge is -2.14. The third kappa shape index (κ3) is 5.26. The van der Waals surface area contributed by atoms with Crippen LogP contribution in [0.3, 0.4) is 0 Å². The summed E-state index contributed by atoms with van der Waals surface area (Å²) >= 11 is 9.11. The molecule has 2 aromatic carbocycles. The molecule has 2 amide bonds. The predicted octanol–water partition coefficient (Wildman–Crippen LogP) is 5.98. The zero-order valence-corrected chi connectivity index (χ0v) is 19.6. The Morgan fingerprint density at radius 3 is 2.59 bits per heavy atom. The van der Waals surface area contributed by atoms with Crippen LogP contribution in [0.25, 0.3) is 6.08 Å². The van der Waals surface area contributed by atoms with Crippen molar-refractivity contribution < 1.29 is 19.1 Å². The van der Waals surface area contributed by atoms with Crippen LogP contribution >= 0.6 is 46.0 Å². The van der Waals surface area contributed by atoms with E-state index in [1.807, 2.05) is 32.0 Å². The van der Waals surface area contributed by atoms with E-state index in [0.29, 0.717) is 34.6 Å². The van der Waals surface area contributed by atoms with Gasteiger partial charge in [-0.3, -0.25) is 14.5 Å². The molecule has 0 unspecified atom stereocenters. The van der Waals surface area contributed by atoms with Crippen molar-refractivity contribution >= 4 is 63.2 Å². The Morgan fingerprint density at radius 1 is 1.14 bits per heavy atom. The van der Waals surface area contributed by atoms with Crippen LogP contribution in [0.4, 0.5) is 4.79 Å². The molecule has 1 aliphatic rings. The van der Waals surface area contributed by atoms with Gasteiger partial charge in [0.05, 0.1) is 28.2 Å². The molecule has 2 aromatic rings. The van der Waals surface area contributed by atoms with Gasteiger partial charge < -0.3 is 9.47 Å². The second kappa shape index (κ2) is 9.86. The van der Waals surface area contributed by atoms with Crippen LogP contribution in [0.1, 0.15) is 25.0 Å². The molecule has 1 aliphatic heterocycles. The highest BCUT2D eigenvalue weighted by molar-refractivity contribution is 14.1. The number of nitrogens with zero attached hydrogens (tertiary/aromatic N) is 1. The van der Waals surface area contributed by atoms with E-state index in [1.165, 1.54) is 4.90 Å². The number of hydrogen-bond donors (Lipinski definition) is 0. The smallest absolute Gasteiger partial charge is 0.293 e. The maximum Gasteiger partial charge on any atom is 0.293 e. The summed E-state index contributed by atoms with van der Waals surface area (Å²) in [7, 11) is 0. The van der Waals surface area contributed by atoms with Crippen LogP contribution in [0, 0.1) is 3.57 Å². The van der Waals surface area contributed by atoms with Crippen LogP contribution in [-0.2, 0) is 11.3 Å². The number of hydrogen-bond acceptors (Lipinski definition) is 5. The molecule has 3 rings (SSSR count). The lowest BCUT2D eigenvalue weighted by molar-refractivity contribution is -0.123. The zero-order chi connectivity index (χ0) is 21.0. The van der Waals surface area contributed by atoms with E-state index in [9.17, 15) is 9.59 Å². The molecule has 8 heteroatoms. The Kier molecular flexibility index (Phi) is 7.48. The van der Waals surface area contributed by atoms with Crippen molar-refractivity contribution in [3.05, 3.63) is 61.0 Å². The number of benzene rings is 2.